The molecule has 0 aromatic rings. The summed E-state index contributed by atoms with van der Waals surface area (Å²) in [7, 11) is 0. The van der Waals surface area contributed by atoms with Crippen molar-refractivity contribution in [1.82, 2.24) is 0 Å². The van der Waals surface area contributed by atoms with Crippen LogP contribution >= 0.6 is 12.4 Å². The van der Waals surface area contributed by atoms with E-state index >= 15 is 0 Å². The van der Waals surface area contributed by atoms with E-state index in [1.807, 2.05) is 6.92 Å². The van der Waals surface area contributed by atoms with Crippen molar-refractivity contribution in [3.63, 3.8) is 0 Å². The Labute approximate surface area is 80.3 Å². The monoisotopic (exact) mass is 191 g/mol. The van der Waals surface area contributed by atoms with E-state index in [0.29, 0.717) is 5.41 Å². The van der Waals surface area contributed by atoms with Crippen molar-refractivity contribution in [3.8, 4) is 0 Å². The molecule has 2 nitrogen and oxygen atoms in total. The van der Waals surface area contributed by atoms with Gasteiger partial charge in [0.15, 0.2) is 0 Å². The molecule has 0 aliphatic heterocycles. The van der Waals surface area contributed by atoms with E-state index in [1.165, 1.54) is 25.7 Å². The lowest BCUT2D eigenvalue weighted by atomic mass is 9.39. The summed E-state index contributed by atoms with van der Waals surface area (Å²) < 4.78 is 5.32. The standard InChI is InChI=1S/C9H17NO.ClH/c1-2-11-4-3-8-5-9(10,6-8)7-8;/h2-7,10H2,1H3;1H. The Kier molecular flexibility index (Phi) is 2.72. The number of ether oxygens (including phenoxy) is 1. The molecule has 3 aliphatic carbocycles. The highest BCUT2D eigenvalue weighted by molar-refractivity contribution is 5.85. The maximum absolute atomic E-state index is 5.94. The Morgan fingerprint density at radius 1 is 1.33 bits per heavy atom. The lowest BCUT2D eigenvalue weighted by Crippen LogP contribution is -2.72. The van der Waals surface area contributed by atoms with Crippen LogP contribution in [0.4, 0.5) is 0 Å². The van der Waals surface area contributed by atoms with Crippen LogP contribution in [-0.4, -0.2) is 18.8 Å². The van der Waals surface area contributed by atoms with Gasteiger partial charge in [-0.05, 0) is 38.0 Å². The molecule has 12 heavy (non-hydrogen) atoms. The molecule has 3 fully saturated rings. The van der Waals surface area contributed by atoms with E-state index in [0.717, 1.165) is 13.2 Å². The predicted octanol–water partition coefficient (Wildman–Crippen LogP) is 1.72. The molecule has 2 bridgehead atoms. The van der Waals surface area contributed by atoms with Crippen molar-refractivity contribution in [2.24, 2.45) is 11.1 Å². The average molecular weight is 192 g/mol. The van der Waals surface area contributed by atoms with Crippen LogP contribution in [0.1, 0.15) is 32.6 Å². The summed E-state index contributed by atoms with van der Waals surface area (Å²) in [6.07, 6.45) is 5.01. The van der Waals surface area contributed by atoms with Crippen LogP contribution in [0, 0.1) is 5.41 Å². The number of halogens is 1. The van der Waals surface area contributed by atoms with Crippen LogP contribution in [0.5, 0.6) is 0 Å². The highest BCUT2D eigenvalue weighted by atomic mass is 35.5. The summed E-state index contributed by atoms with van der Waals surface area (Å²) in [6.45, 7) is 3.84. The number of rotatable bonds is 4. The fraction of sp³-hybridized carbons (Fsp3) is 1.00. The van der Waals surface area contributed by atoms with Gasteiger partial charge in [-0.15, -0.1) is 12.4 Å². The molecule has 3 aliphatic rings. The molecule has 0 unspecified atom stereocenters. The largest absolute Gasteiger partial charge is 0.382 e. The smallest absolute Gasteiger partial charge is 0.0471 e. The van der Waals surface area contributed by atoms with E-state index in [2.05, 4.69) is 0 Å². The highest BCUT2D eigenvalue weighted by Crippen LogP contribution is 2.67. The Bertz CT molecular complexity index is 152. The lowest BCUT2D eigenvalue weighted by molar-refractivity contribution is -0.145. The molecule has 2 N–H and O–H groups in total. The Balaban J connectivity index is 0.000000720. The number of hydrogen-bond acceptors (Lipinski definition) is 2. The van der Waals surface area contributed by atoms with Gasteiger partial charge >= 0.3 is 0 Å². The second kappa shape index (κ2) is 3.17. The van der Waals surface area contributed by atoms with Crippen molar-refractivity contribution in [1.29, 1.82) is 0 Å². The van der Waals surface area contributed by atoms with E-state index < -0.39 is 0 Å². The van der Waals surface area contributed by atoms with Gasteiger partial charge in [0.2, 0.25) is 0 Å². The molecule has 0 spiro atoms. The van der Waals surface area contributed by atoms with Crippen LogP contribution in [-0.2, 0) is 4.74 Å². The molecule has 0 heterocycles. The van der Waals surface area contributed by atoms with Crippen molar-refractivity contribution in [2.45, 2.75) is 38.1 Å². The zero-order chi connectivity index (χ0) is 7.95. The maximum Gasteiger partial charge on any atom is 0.0471 e. The van der Waals surface area contributed by atoms with Gasteiger partial charge < -0.3 is 10.5 Å². The van der Waals surface area contributed by atoms with Crippen LogP contribution in [0.25, 0.3) is 0 Å². The van der Waals surface area contributed by atoms with Crippen molar-refractivity contribution >= 4 is 12.4 Å². The third-order valence-electron chi connectivity index (χ3n) is 3.16. The Hall–Kier alpha value is 0.210. The van der Waals surface area contributed by atoms with E-state index in [9.17, 15) is 0 Å². The average Bonchev–Trinajstić information content (AvgIpc) is 1.82. The first kappa shape index (κ1) is 10.3. The van der Waals surface area contributed by atoms with Gasteiger partial charge in [-0.3, -0.25) is 0 Å². The van der Waals surface area contributed by atoms with Crippen LogP contribution in [0.15, 0.2) is 0 Å². The van der Waals surface area contributed by atoms with Crippen LogP contribution < -0.4 is 5.73 Å². The first-order chi connectivity index (χ1) is 5.18. The second-order valence-electron chi connectivity index (χ2n) is 4.34. The summed E-state index contributed by atoms with van der Waals surface area (Å²) in [5.74, 6) is 0. The minimum absolute atomic E-state index is 0. The molecule has 3 rings (SSSR count). The zero-order valence-electron chi connectivity index (χ0n) is 7.64. The molecule has 0 aromatic heterocycles. The van der Waals surface area contributed by atoms with Crippen LogP contribution in [0.2, 0.25) is 0 Å². The zero-order valence-corrected chi connectivity index (χ0v) is 8.45. The van der Waals surface area contributed by atoms with Crippen molar-refractivity contribution in [3.05, 3.63) is 0 Å². The lowest BCUT2D eigenvalue weighted by Gasteiger charge is -2.69. The summed E-state index contributed by atoms with van der Waals surface area (Å²) in [4.78, 5) is 0. The van der Waals surface area contributed by atoms with Crippen molar-refractivity contribution < 1.29 is 4.74 Å². The maximum atomic E-state index is 5.94. The molecular formula is C9H18ClNO. The van der Waals surface area contributed by atoms with Gasteiger partial charge in [-0.1, -0.05) is 0 Å². The summed E-state index contributed by atoms with van der Waals surface area (Å²) in [5.41, 5.74) is 6.84. The quantitative estimate of drug-likeness (QED) is 0.687. The summed E-state index contributed by atoms with van der Waals surface area (Å²) >= 11 is 0. The molecule has 0 atom stereocenters. The van der Waals surface area contributed by atoms with Crippen LogP contribution in [0.3, 0.4) is 0 Å². The second-order valence-corrected chi connectivity index (χ2v) is 4.34. The molecule has 0 aromatic carbocycles. The van der Waals surface area contributed by atoms with E-state index in [4.69, 9.17) is 10.5 Å². The van der Waals surface area contributed by atoms with Gasteiger partial charge in [0.1, 0.15) is 0 Å². The molecule has 0 amide bonds. The van der Waals surface area contributed by atoms with E-state index in [-0.39, 0.29) is 17.9 Å². The van der Waals surface area contributed by atoms with E-state index in [1.54, 1.807) is 0 Å². The minimum Gasteiger partial charge on any atom is -0.382 e. The molecule has 72 valence electrons. The first-order valence-electron chi connectivity index (χ1n) is 4.55. The van der Waals surface area contributed by atoms with Gasteiger partial charge in [0.25, 0.3) is 0 Å². The predicted molar refractivity (Wildman–Crippen MR) is 51.6 cm³/mol. The Morgan fingerprint density at radius 2 is 1.92 bits per heavy atom. The number of nitrogens with two attached hydrogens (primary N) is 1. The highest BCUT2D eigenvalue weighted by Gasteiger charge is 2.64. The third-order valence-corrected chi connectivity index (χ3v) is 3.16. The fourth-order valence-electron chi connectivity index (χ4n) is 2.78. The molecule has 3 saturated carbocycles. The third kappa shape index (κ3) is 1.48. The first-order valence-corrected chi connectivity index (χ1v) is 4.55. The minimum atomic E-state index is 0. The molecule has 0 radical (unpaired) electrons. The normalized spacial score (nSPS) is 42.5. The van der Waals surface area contributed by atoms with Gasteiger partial charge in [0, 0.05) is 18.8 Å². The van der Waals surface area contributed by atoms with Crippen molar-refractivity contribution in [2.75, 3.05) is 13.2 Å². The fourth-order valence-corrected chi connectivity index (χ4v) is 2.78. The molecule has 0 saturated heterocycles. The van der Waals surface area contributed by atoms with Gasteiger partial charge in [-0.25, -0.2) is 0 Å². The molecule has 3 heteroatoms. The molecular weight excluding hydrogens is 174 g/mol. The Morgan fingerprint density at radius 3 is 2.33 bits per heavy atom. The summed E-state index contributed by atoms with van der Waals surface area (Å²) in [5, 5.41) is 0. The SMILES string of the molecule is CCOCCC12CC(N)(C1)C2.Cl. The van der Waals surface area contributed by atoms with Gasteiger partial charge in [0.05, 0.1) is 0 Å². The van der Waals surface area contributed by atoms with Gasteiger partial charge in [-0.2, -0.15) is 0 Å². The topological polar surface area (TPSA) is 35.2 Å². The number of hydrogen-bond donors (Lipinski definition) is 1. The summed E-state index contributed by atoms with van der Waals surface area (Å²) in [6, 6.07) is 0.